The zero-order chi connectivity index (χ0) is 18.9. The maximum Gasteiger partial charge on any atom is 0.243 e. The molecule has 0 saturated carbocycles. The molecule has 0 atom stereocenters. The summed E-state index contributed by atoms with van der Waals surface area (Å²) < 4.78 is 2.12. The van der Waals surface area contributed by atoms with Gasteiger partial charge in [-0.3, -0.25) is 14.4 Å². The fourth-order valence-electron chi connectivity index (χ4n) is 2.94. The lowest BCUT2D eigenvalue weighted by Gasteiger charge is -2.10. The normalized spacial score (nSPS) is 10.7. The van der Waals surface area contributed by atoms with E-state index in [9.17, 15) is 9.59 Å². The first kappa shape index (κ1) is 19.9. The van der Waals surface area contributed by atoms with Gasteiger partial charge in [0.15, 0.2) is 5.78 Å². The van der Waals surface area contributed by atoms with Crippen LogP contribution < -0.4 is 5.48 Å². The van der Waals surface area contributed by atoms with Crippen molar-refractivity contribution in [3.63, 3.8) is 0 Å². The Morgan fingerprint density at radius 2 is 1.85 bits per heavy atom. The predicted molar refractivity (Wildman–Crippen MR) is 102 cm³/mol. The Kier molecular flexibility index (Phi) is 7.60. The lowest BCUT2D eigenvalue weighted by atomic mass is 10.1. The lowest BCUT2D eigenvalue weighted by Crippen LogP contribution is -2.26. The average molecular weight is 356 g/mol. The van der Waals surface area contributed by atoms with Crippen molar-refractivity contribution in [3.05, 3.63) is 58.9 Å². The van der Waals surface area contributed by atoms with Crippen molar-refractivity contribution in [2.75, 3.05) is 6.61 Å². The highest BCUT2D eigenvalue weighted by Gasteiger charge is 2.16. The fourth-order valence-corrected chi connectivity index (χ4v) is 2.94. The summed E-state index contributed by atoms with van der Waals surface area (Å²) in [5, 5.41) is 0. The fraction of sp³-hybridized carbons (Fsp3) is 0.429. The molecule has 0 spiro atoms. The Hall–Kier alpha value is -2.40. The highest BCUT2D eigenvalue weighted by molar-refractivity contribution is 5.98. The number of amides is 1. The molecule has 1 aromatic carbocycles. The van der Waals surface area contributed by atoms with Gasteiger partial charge >= 0.3 is 0 Å². The van der Waals surface area contributed by atoms with E-state index in [4.69, 9.17) is 4.84 Å². The van der Waals surface area contributed by atoms with Crippen LogP contribution in [0.15, 0.2) is 36.4 Å². The number of rotatable bonds is 10. The molecule has 5 nitrogen and oxygen atoms in total. The molecule has 1 amide bonds. The Labute approximate surface area is 155 Å². The Balaban J connectivity index is 1.91. The summed E-state index contributed by atoms with van der Waals surface area (Å²) in [5.74, 6) is -0.313. The molecule has 0 unspecified atom stereocenters. The number of nitrogens with zero attached hydrogens (tertiary/aromatic N) is 1. The molecule has 0 saturated heterocycles. The predicted octanol–water partition coefficient (Wildman–Crippen LogP) is 3.96. The summed E-state index contributed by atoms with van der Waals surface area (Å²) in [6.45, 7) is 6.58. The molecule has 1 N–H and O–H groups in total. The summed E-state index contributed by atoms with van der Waals surface area (Å²) in [4.78, 5) is 29.2. The number of hydroxylamine groups is 1. The van der Waals surface area contributed by atoms with Gasteiger partial charge in [-0.1, -0.05) is 50.1 Å². The van der Waals surface area contributed by atoms with Crippen LogP contribution in [0.2, 0.25) is 0 Å². The monoisotopic (exact) mass is 356 g/mol. The van der Waals surface area contributed by atoms with E-state index in [1.807, 2.05) is 38.1 Å². The van der Waals surface area contributed by atoms with Gasteiger partial charge < -0.3 is 4.57 Å². The van der Waals surface area contributed by atoms with Crippen LogP contribution >= 0.6 is 0 Å². The summed E-state index contributed by atoms with van der Waals surface area (Å²) in [6, 6.07) is 12.0. The SMILES string of the molecule is CCCCCC(=O)NOCC(=O)c1cc(C)n(Cc2ccccc2)c1C. The summed E-state index contributed by atoms with van der Waals surface area (Å²) >= 11 is 0. The number of carbonyl (C=O) groups is 2. The Bertz CT molecular complexity index is 735. The van der Waals surface area contributed by atoms with E-state index in [-0.39, 0.29) is 18.3 Å². The van der Waals surface area contributed by atoms with Gasteiger partial charge in [0.25, 0.3) is 0 Å². The molecule has 5 heteroatoms. The van der Waals surface area contributed by atoms with E-state index in [1.54, 1.807) is 0 Å². The topological polar surface area (TPSA) is 60.3 Å². The maximum atomic E-state index is 12.4. The van der Waals surface area contributed by atoms with Gasteiger partial charge in [0.05, 0.1) is 0 Å². The number of aromatic nitrogens is 1. The minimum atomic E-state index is -0.180. The van der Waals surface area contributed by atoms with Gasteiger partial charge in [-0.2, -0.15) is 0 Å². The first-order chi connectivity index (χ1) is 12.5. The Morgan fingerprint density at radius 1 is 1.12 bits per heavy atom. The number of aryl methyl sites for hydroxylation is 1. The smallest absolute Gasteiger partial charge is 0.243 e. The minimum absolute atomic E-state index is 0.133. The van der Waals surface area contributed by atoms with E-state index in [1.165, 1.54) is 5.56 Å². The number of benzene rings is 1. The second kappa shape index (κ2) is 9.92. The maximum absolute atomic E-state index is 12.4. The van der Waals surface area contributed by atoms with Crippen molar-refractivity contribution in [1.82, 2.24) is 10.0 Å². The number of unbranched alkanes of at least 4 members (excludes halogenated alkanes) is 2. The zero-order valence-electron chi connectivity index (χ0n) is 15.9. The van der Waals surface area contributed by atoms with E-state index >= 15 is 0 Å². The highest BCUT2D eigenvalue weighted by Crippen LogP contribution is 2.17. The van der Waals surface area contributed by atoms with Crippen LogP contribution in [0.4, 0.5) is 0 Å². The molecular formula is C21H28N2O3. The molecule has 0 aliphatic carbocycles. The summed E-state index contributed by atoms with van der Waals surface area (Å²) in [7, 11) is 0. The molecule has 0 aliphatic rings. The third-order valence-corrected chi connectivity index (χ3v) is 4.45. The number of hydrogen-bond acceptors (Lipinski definition) is 3. The standard InChI is InChI=1S/C21H28N2O3/c1-4-5-7-12-21(25)22-26-15-20(24)19-13-16(2)23(17(19)3)14-18-10-8-6-9-11-18/h6,8-11,13H,4-5,7,12,14-15H2,1-3H3,(H,22,25). The minimum Gasteiger partial charge on any atom is -0.344 e. The molecule has 2 aromatic rings. The summed E-state index contributed by atoms with van der Waals surface area (Å²) in [6.07, 6.45) is 3.33. The van der Waals surface area contributed by atoms with Crippen LogP contribution in [0.5, 0.6) is 0 Å². The average Bonchev–Trinajstić information content (AvgIpc) is 2.91. The van der Waals surface area contributed by atoms with Crippen molar-refractivity contribution in [3.8, 4) is 0 Å². The van der Waals surface area contributed by atoms with E-state index in [2.05, 4.69) is 29.1 Å². The van der Waals surface area contributed by atoms with E-state index < -0.39 is 0 Å². The number of nitrogens with one attached hydrogen (secondary N) is 1. The van der Waals surface area contributed by atoms with Gasteiger partial charge in [-0.25, -0.2) is 5.48 Å². The quantitative estimate of drug-likeness (QED) is 0.398. The first-order valence-corrected chi connectivity index (χ1v) is 9.17. The van der Waals surface area contributed by atoms with Gasteiger partial charge in [0.2, 0.25) is 5.91 Å². The van der Waals surface area contributed by atoms with Crippen molar-refractivity contribution < 1.29 is 14.4 Å². The van der Waals surface area contributed by atoms with Crippen molar-refractivity contribution in [1.29, 1.82) is 0 Å². The molecule has 0 fully saturated rings. The number of hydrogen-bond donors (Lipinski definition) is 1. The van der Waals surface area contributed by atoms with Crippen LogP contribution in [0.1, 0.15) is 59.9 Å². The van der Waals surface area contributed by atoms with Gasteiger partial charge in [-0.05, 0) is 31.9 Å². The van der Waals surface area contributed by atoms with Crippen molar-refractivity contribution in [2.45, 2.75) is 53.0 Å². The van der Waals surface area contributed by atoms with Crippen LogP contribution in [0, 0.1) is 13.8 Å². The molecule has 0 bridgehead atoms. The van der Waals surface area contributed by atoms with Crippen molar-refractivity contribution in [2.24, 2.45) is 0 Å². The van der Waals surface area contributed by atoms with Crippen LogP contribution in [-0.4, -0.2) is 22.9 Å². The second-order valence-electron chi connectivity index (χ2n) is 6.55. The van der Waals surface area contributed by atoms with Gasteiger partial charge in [0.1, 0.15) is 6.61 Å². The van der Waals surface area contributed by atoms with Gasteiger partial charge in [-0.15, -0.1) is 0 Å². The van der Waals surface area contributed by atoms with E-state index in [0.717, 1.165) is 37.2 Å². The highest BCUT2D eigenvalue weighted by atomic mass is 16.7. The third-order valence-electron chi connectivity index (χ3n) is 4.45. The third kappa shape index (κ3) is 5.56. The second-order valence-corrected chi connectivity index (χ2v) is 6.55. The summed E-state index contributed by atoms with van der Waals surface area (Å²) in [5.41, 5.74) is 6.12. The zero-order valence-corrected chi connectivity index (χ0v) is 15.9. The Morgan fingerprint density at radius 3 is 2.54 bits per heavy atom. The molecule has 1 aromatic heterocycles. The van der Waals surface area contributed by atoms with Crippen LogP contribution in [-0.2, 0) is 16.2 Å². The first-order valence-electron chi connectivity index (χ1n) is 9.17. The molecular weight excluding hydrogens is 328 g/mol. The number of Topliss-reactive ketones (excluding diaryl/α,β-unsaturated/α-hetero) is 1. The molecule has 1 heterocycles. The number of ketones is 1. The molecule has 2 rings (SSSR count). The molecule has 0 radical (unpaired) electrons. The molecule has 140 valence electrons. The molecule has 0 aliphatic heterocycles. The lowest BCUT2D eigenvalue weighted by molar-refractivity contribution is -0.132. The van der Waals surface area contributed by atoms with Crippen molar-refractivity contribution >= 4 is 11.7 Å². The largest absolute Gasteiger partial charge is 0.344 e. The van der Waals surface area contributed by atoms with Gasteiger partial charge in [0, 0.05) is 29.9 Å². The van der Waals surface area contributed by atoms with Crippen LogP contribution in [0.25, 0.3) is 0 Å². The van der Waals surface area contributed by atoms with E-state index in [0.29, 0.717) is 12.0 Å². The number of carbonyl (C=O) groups excluding carboxylic acids is 2. The molecule has 26 heavy (non-hydrogen) atoms. The van der Waals surface area contributed by atoms with Crippen LogP contribution in [0.3, 0.4) is 0 Å².